The van der Waals surface area contributed by atoms with E-state index in [1.807, 2.05) is 0 Å². The number of unbranched alkanes of at least 4 members (excludes halogenated alkanes) is 1. The van der Waals surface area contributed by atoms with Crippen LogP contribution >= 0.6 is 15.9 Å². The van der Waals surface area contributed by atoms with E-state index in [4.69, 9.17) is 5.11 Å². The summed E-state index contributed by atoms with van der Waals surface area (Å²) in [5.41, 5.74) is 0.0809. The lowest BCUT2D eigenvalue weighted by atomic mass is 10.2. The molecule has 19 heavy (non-hydrogen) atoms. The molecule has 104 valence electrons. The second-order valence-electron chi connectivity index (χ2n) is 3.86. The number of anilines is 1. The van der Waals surface area contributed by atoms with Gasteiger partial charge in [0.2, 0.25) is 0 Å². The molecule has 2 amide bonds. The normalized spacial score (nSPS) is 10.0. The van der Waals surface area contributed by atoms with Crippen molar-refractivity contribution in [2.45, 2.75) is 19.3 Å². The second-order valence-corrected chi connectivity index (χ2v) is 4.77. The molecule has 7 heteroatoms. The third kappa shape index (κ3) is 6.19. The molecule has 0 aliphatic carbocycles. The van der Waals surface area contributed by atoms with Gasteiger partial charge in [0.25, 0.3) is 0 Å². The van der Waals surface area contributed by atoms with Crippen molar-refractivity contribution in [1.29, 1.82) is 0 Å². The summed E-state index contributed by atoms with van der Waals surface area (Å²) < 4.78 is 14.0. The number of carbonyl (C=O) groups excluding carboxylic acids is 1. The van der Waals surface area contributed by atoms with Gasteiger partial charge in [-0.15, -0.1) is 0 Å². The molecule has 0 saturated carbocycles. The van der Waals surface area contributed by atoms with Crippen molar-refractivity contribution in [3.8, 4) is 0 Å². The Morgan fingerprint density at radius 1 is 1.32 bits per heavy atom. The van der Waals surface area contributed by atoms with E-state index in [9.17, 15) is 14.0 Å². The number of urea groups is 1. The zero-order valence-corrected chi connectivity index (χ0v) is 11.7. The Bertz CT molecular complexity index is 468. The van der Waals surface area contributed by atoms with Crippen molar-refractivity contribution in [2.24, 2.45) is 0 Å². The van der Waals surface area contributed by atoms with Crippen molar-refractivity contribution in [3.63, 3.8) is 0 Å². The van der Waals surface area contributed by atoms with Gasteiger partial charge in [-0.2, -0.15) is 0 Å². The molecular weight excluding hydrogens is 319 g/mol. The third-order valence-electron chi connectivity index (χ3n) is 2.28. The quantitative estimate of drug-likeness (QED) is 0.701. The first-order valence-corrected chi connectivity index (χ1v) is 6.50. The number of aliphatic carboxylic acids is 1. The monoisotopic (exact) mass is 332 g/mol. The fraction of sp³-hybridized carbons (Fsp3) is 0.333. The molecule has 1 aromatic rings. The number of hydrogen-bond donors (Lipinski definition) is 3. The number of carboxylic acid groups (broad SMARTS) is 1. The minimum Gasteiger partial charge on any atom is -0.481 e. The first-order chi connectivity index (χ1) is 8.99. The van der Waals surface area contributed by atoms with Crippen molar-refractivity contribution < 1.29 is 19.1 Å². The summed E-state index contributed by atoms with van der Waals surface area (Å²) in [7, 11) is 0. The van der Waals surface area contributed by atoms with Gasteiger partial charge in [-0.3, -0.25) is 4.79 Å². The molecule has 0 spiro atoms. The van der Waals surface area contributed by atoms with Gasteiger partial charge in [-0.05, 0) is 31.0 Å². The predicted octanol–water partition coefficient (Wildman–Crippen LogP) is 2.96. The van der Waals surface area contributed by atoms with Crippen LogP contribution in [0.4, 0.5) is 14.9 Å². The van der Waals surface area contributed by atoms with E-state index in [1.165, 1.54) is 18.2 Å². The van der Waals surface area contributed by atoms with Crippen molar-refractivity contribution in [3.05, 3.63) is 28.5 Å². The highest BCUT2D eigenvalue weighted by atomic mass is 79.9. The molecular formula is C12H14BrFN2O3. The van der Waals surface area contributed by atoms with Crippen LogP contribution in [-0.4, -0.2) is 23.7 Å². The molecule has 5 nitrogen and oxygen atoms in total. The number of benzene rings is 1. The Labute approximate surface area is 118 Å². The number of halogens is 2. The summed E-state index contributed by atoms with van der Waals surface area (Å²) >= 11 is 3.18. The van der Waals surface area contributed by atoms with Crippen LogP contribution in [-0.2, 0) is 4.79 Å². The van der Waals surface area contributed by atoms with E-state index < -0.39 is 17.8 Å². The molecule has 0 bridgehead atoms. The lowest BCUT2D eigenvalue weighted by Gasteiger charge is -2.08. The number of nitrogens with one attached hydrogen (secondary N) is 2. The topological polar surface area (TPSA) is 78.4 Å². The van der Waals surface area contributed by atoms with Crippen LogP contribution < -0.4 is 10.6 Å². The smallest absolute Gasteiger partial charge is 0.319 e. The van der Waals surface area contributed by atoms with Crippen LogP contribution in [0.3, 0.4) is 0 Å². The maximum absolute atomic E-state index is 13.3. The van der Waals surface area contributed by atoms with Gasteiger partial charge in [0.15, 0.2) is 0 Å². The van der Waals surface area contributed by atoms with Crippen LogP contribution in [0.1, 0.15) is 19.3 Å². The molecule has 1 rings (SSSR count). The van der Waals surface area contributed by atoms with E-state index in [0.717, 1.165) is 0 Å². The lowest BCUT2D eigenvalue weighted by molar-refractivity contribution is -0.137. The van der Waals surface area contributed by atoms with E-state index >= 15 is 0 Å². The highest BCUT2D eigenvalue weighted by Gasteiger charge is 2.06. The first kappa shape index (κ1) is 15.4. The van der Waals surface area contributed by atoms with Crippen LogP contribution in [0.5, 0.6) is 0 Å². The molecule has 3 N–H and O–H groups in total. The maximum atomic E-state index is 13.3. The average Bonchev–Trinajstić information content (AvgIpc) is 2.33. The van der Waals surface area contributed by atoms with Crippen LogP contribution in [0.15, 0.2) is 22.7 Å². The van der Waals surface area contributed by atoms with Crippen LogP contribution in [0.25, 0.3) is 0 Å². The van der Waals surface area contributed by atoms with E-state index in [0.29, 0.717) is 23.9 Å². The van der Waals surface area contributed by atoms with Gasteiger partial charge in [0, 0.05) is 17.4 Å². The molecule has 0 fully saturated rings. The Balaban J connectivity index is 2.31. The van der Waals surface area contributed by atoms with Gasteiger partial charge in [0.05, 0.1) is 5.69 Å². The average molecular weight is 333 g/mol. The first-order valence-electron chi connectivity index (χ1n) is 5.70. The number of hydrogen-bond acceptors (Lipinski definition) is 2. The summed E-state index contributed by atoms with van der Waals surface area (Å²) in [6, 6.07) is 3.71. The summed E-state index contributed by atoms with van der Waals surface area (Å²) in [4.78, 5) is 21.7. The predicted molar refractivity (Wildman–Crippen MR) is 72.6 cm³/mol. The summed E-state index contributed by atoms with van der Waals surface area (Å²) in [6.07, 6.45) is 1.12. The Morgan fingerprint density at radius 2 is 2.05 bits per heavy atom. The molecule has 0 radical (unpaired) electrons. The van der Waals surface area contributed by atoms with E-state index in [-0.39, 0.29) is 12.1 Å². The SMILES string of the molecule is O=C(O)CCCCNC(=O)Nc1cc(Br)ccc1F. The largest absolute Gasteiger partial charge is 0.481 e. The number of amides is 2. The van der Waals surface area contributed by atoms with Crippen LogP contribution in [0, 0.1) is 5.82 Å². The minimum atomic E-state index is -0.861. The third-order valence-corrected chi connectivity index (χ3v) is 2.77. The lowest BCUT2D eigenvalue weighted by Crippen LogP contribution is -2.29. The molecule has 0 unspecified atom stereocenters. The highest BCUT2D eigenvalue weighted by molar-refractivity contribution is 9.10. The fourth-order valence-electron chi connectivity index (χ4n) is 1.36. The van der Waals surface area contributed by atoms with Crippen molar-refractivity contribution in [1.82, 2.24) is 5.32 Å². The fourth-order valence-corrected chi connectivity index (χ4v) is 1.72. The van der Waals surface area contributed by atoms with Gasteiger partial charge < -0.3 is 15.7 Å². The highest BCUT2D eigenvalue weighted by Crippen LogP contribution is 2.19. The van der Waals surface area contributed by atoms with Gasteiger partial charge >= 0.3 is 12.0 Å². The molecule has 0 aliphatic heterocycles. The zero-order valence-electron chi connectivity index (χ0n) is 10.1. The van der Waals surface area contributed by atoms with Crippen molar-refractivity contribution in [2.75, 3.05) is 11.9 Å². The molecule has 0 aromatic heterocycles. The molecule has 1 aromatic carbocycles. The molecule has 0 heterocycles. The number of carbonyl (C=O) groups is 2. The molecule has 0 saturated heterocycles. The Hall–Kier alpha value is -1.63. The minimum absolute atomic E-state index is 0.0730. The van der Waals surface area contributed by atoms with E-state index in [1.54, 1.807) is 0 Å². The van der Waals surface area contributed by atoms with Gasteiger partial charge in [-0.25, -0.2) is 9.18 Å². The van der Waals surface area contributed by atoms with Gasteiger partial charge in [0.1, 0.15) is 5.82 Å². The summed E-state index contributed by atoms with van der Waals surface area (Å²) in [5.74, 6) is -1.38. The Morgan fingerprint density at radius 3 is 2.74 bits per heavy atom. The van der Waals surface area contributed by atoms with Crippen molar-refractivity contribution >= 4 is 33.6 Å². The summed E-state index contributed by atoms with van der Waals surface area (Å²) in [5, 5.41) is 13.3. The maximum Gasteiger partial charge on any atom is 0.319 e. The zero-order chi connectivity index (χ0) is 14.3. The second kappa shape index (κ2) is 7.73. The van der Waals surface area contributed by atoms with Crippen LogP contribution in [0.2, 0.25) is 0 Å². The van der Waals surface area contributed by atoms with Gasteiger partial charge in [-0.1, -0.05) is 15.9 Å². The molecule has 0 atom stereocenters. The Kier molecular flexibility index (Phi) is 6.27. The summed E-state index contributed by atoms with van der Waals surface area (Å²) in [6.45, 7) is 0.342. The van der Waals surface area contributed by atoms with E-state index in [2.05, 4.69) is 26.6 Å². The number of carboxylic acids is 1. The molecule has 0 aliphatic rings. The standard InChI is InChI=1S/C12H14BrFN2O3/c13-8-4-5-9(14)10(7-8)16-12(19)15-6-2-1-3-11(17)18/h4-5,7H,1-3,6H2,(H,17,18)(H2,15,16,19). The number of rotatable bonds is 6.